The second kappa shape index (κ2) is 6.46. The van der Waals surface area contributed by atoms with Gasteiger partial charge in [-0.25, -0.2) is 0 Å². The van der Waals surface area contributed by atoms with Crippen LogP contribution in [0.5, 0.6) is 5.75 Å². The Hall–Kier alpha value is -1.26. The van der Waals surface area contributed by atoms with Crippen LogP contribution in [0, 0.1) is 12.8 Å². The number of nitrogens with one attached hydrogen (secondary N) is 1. The molecule has 1 saturated heterocycles. The molecular formula is C15H21ClN2O2. The number of fused-ring (bicyclic) bond motifs is 1. The lowest BCUT2D eigenvalue weighted by atomic mass is 9.97. The van der Waals surface area contributed by atoms with Crippen molar-refractivity contribution in [3.8, 4) is 5.75 Å². The first-order valence-electron chi connectivity index (χ1n) is 7.01. The number of piperidine rings is 1. The zero-order valence-corrected chi connectivity index (χ0v) is 12.5. The summed E-state index contributed by atoms with van der Waals surface area (Å²) in [7, 11) is 0. The molecule has 1 amide bonds. The lowest BCUT2D eigenvalue weighted by molar-refractivity contribution is -0.123. The first kappa shape index (κ1) is 15.1. The van der Waals surface area contributed by atoms with Gasteiger partial charge in [-0.3, -0.25) is 4.79 Å². The Balaban J connectivity index is 0.00000147. The highest BCUT2D eigenvalue weighted by molar-refractivity contribution is 5.97. The second-order valence-electron chi connectivity index (χ2n) is 5.35. The van der Waals surface area contributed by atoms with Crippen LogP contribution in [0.15, 0.2) is 18.2 Å². The summed E-state index contributed by atoms with van der Waals surface area (Å²) in [6.45, 7) is 5.11. The number of nitrogens with zero attached hydrogens (tertiary/aromatic N) is 1. The number of aryl methyl sites for hydroxylation is 1. The van der Waals surface area contributed by atoms with Gasteiger partial charge in [0.1, 0.15) is 12.4 Å². The molecule has 4 nitrogen and oxygen atoms in total. The molecule has 0 aliphatic carbocycles. The van der Waals surface area contributed by atoms with Gasteiger partial charge in [0.2, 0.25) is 5.91 Å². The standard InChI is InChI=1S/C15H20N2O2.ClH/c1-11-4-5-13-14(9-11)19-8-7-17(13)15(18)12-3-2-6-16-10-12;/h4-5,9,12,16H,2-3,6-8,10H2,1H3;1H. The minimum Gasteiger partial charge on any atom is -0.490 e. The van der Waals surface area contributed by atoms with E-state index in [9.17, 15) is 4.79 Å². The quantitative estimate of drug-likeness (QED) is 0.863. The molecule has 20 heavy (non-hydrogen) atoms. The summed E-state index contributed by atoms with van der Waals surface area (Å²) >= 11 is 0. The van der Waals surface area contributed by atoms with Crippen molar-refractivity contribution in [2.45, 2.75) is 19.8 Å². The van der Waals surface area contributed by atoms with Crippen molar-refractivity contribution in [1.82, 2.24) is 5.32 Å². The van der Waals surface area contributed by atoms with Crippen LogP contribution in [-0.4, -0.2) is 32.1 Å². The third kappa shape index (κ3) is 2.91. The molecule has 1 N–H and O–H groups in total. The topological polar surface area (TPSA) is 41.6 Å². The molecule has 5 heteroatoms. The summed E-state index contributed by atoms with van der Waals surface area (Å²) in [6, 6.07) is 6.04. The minimum atomic E-state index is 0. The van der Waals surface area contributed by atoms with Gasteiger partial charge in [-0.15, -0.1) is 12.4 Å². The molecule has 0 spiro atoms. The normalized spacial score (nSPS) is 21.4. The van der Waals surface area contributed by atoms with E-state index in [-0.39, 0.29) is 24.2 Å². The number of ether oxygens (including phenoxy) is 1. The molecule has 1 aromatic rings. The summed E-state index contributed by atoms with van der Waals surface area (Å²) in [5.74, 6) is 1.19. The average molecular weight is 297 g/mol. The monoisotopic (exact) mass is 296 g/mol. The van der Waals surface area contributed by atoms with E-state index < -0.39 is 0 Å². The van der Waals surface area contributed by atoms with Crippen LogP contribution in [0.4, 0.5) is 5.69 Å². The molecule has 2 heterocycles. The summed E-state index contributed by atoms with van der Waals surface area (Å²) in [6.07, 6.45) is 2.08. The summed E-state index contributed by atoms with van der Waals surface area (Å²) in [5.41, 5.74) is 2.08. The summed E-state index contributed by atoms with van der Waals surface area (Å²) in [5, 5.41) is 3.31. The van der Waals surface area contributed by atoms with E-state index in [1.165, 1.54) is 0 Å². The Morgan fingerprint density at radius 2 is 2.30 bits per heavy atom. The number of amides is 1. The van der Waals surface area contributed by atoms with Crippen LogP contribution in [0.3, 0.4) is 0 Å². The fourth-order valence-corrected chi connectivity index (χ4v) is 2.84. The number of benzene rings is 1. The van der Waals surface area contributed by atoms with Crippen LogP contribution in [0.1, 0.15) is 18.4 Å². The van der Waals surface area contributed by atoms with Crippen LogP contribution in [0.2, 0.25) is 0 Å². The largest absolute Gasteiger partial charge is 0.490 e. The number of anilines is 1. The zero-order chi connectivity index (χ0) is 13.2. The van der Waals surface area contributed by atoms with Crippen LogP contribution in [0.25, 0.3) is 0 Å². The molecule has 2 aliphatic rings. The smallest absolute Gasteiger partial charge is 0.231 e. The highest BCUT2D eigenvalue weighted by Crippen LogP contribution is 2.33. The molecule has 1 unspecified atom stereocenters. The molecule has 1 fully saturated rings. The van der Waals surface area contributed by atoms with Crippen LogP contribution < -0.4 is 15.0 Å². The van der Waals surface area contributed by atoms with E-state index in [4.69, 9.17) is 4.74 Å². The fourth-order valence-electron chi connectivity index (χ4n) is 2.84. The summed E-state index contributed by atoms with van der Waals surface area (Å²) < 4.78 is 5.66. The molecule has 0 radical (unpaired) electrons. The number of carbonyl (C=O) groups is 1. The zero-order valence-electron chi connectivity index (χ0n) is 11.7. The number of halogens is 1. The van der Waals surface area contributed by atoms with Crippen molar-refractivity contribution in [2.24, 2.45) is 5.92 Å². The van der Waals surface area contributed by atoms with Gasteiger partial charge in [0.05, 0.1) is 18.2 Å². The third-order valence-electron chi connectivity index (χ3n) is 3.89. The molecule has 0 saturated carbocycles. The fraction of sp³-hybridized carbons (Fsp3) is 0.533. The maximum Gasteiger partial charge on any atom is 0.231 e. The highest BCUT2D eigenvalue weighted by atomic mass is 35.5. The Kier molecular flexibility index (Phi) is 4.89. The van der Waals surface area contributed by atoms with Crippen molar-refractivity contribution in [2.75, 3.05) is 31.1 Å². The van der Waals surface area contributed by atoms with E-state index in [1.54, 1.807) is 0 Å². The Morgan fingerprint density at radius 3 is 3.05 bits per heavy atom. The maximum atomic E-state index is 12.6. The molecule has 110 valence electrons. The van der Waals surface area contributed by atoms with E-state index in [0.29, 0.717) is 13.2 Å². The highest BCUT2D eigenvalue weighted by Gasteiger charge is 2.30. The van der Waals surface area contributed by atoms with Crippen LogP contribution >= 0.6 is 12.4 Å². The number of hydrogen-bond donors (Lipinski definition) is 1. The molecule has 1 aromatic carbocycles. The Morgan fingerprint density at radius 1 is 1.45 bits per heavy atom. The Labute approximate surface area is 125 Å². The van der Waals surface area contributed by atoms with E-state index in [1.807, 2.05) is 30.0 Å². The van der Waals surface area contributed by atoms with Gasteiger partial charge in [0.15, 0.2) is 0 Å². The van der Waals surface area contributed by atoms with E-state index in [2.05, 4.69) is 5.32 Å². The molecule has 0 aromatic heterocycles. The number of hydrogen-bond acceptors (Lipinski definition) is 3. The molecule has 1 atom stereocenters. The van der Waals surface area contributed by atoms with E-state index >= 15 is 0 Å². The van der Waals surface area contributed by atoms with Crippen molar-refractivity contribution < 1.29 is 9.53 Å². The predicted molar refractivity (Wildman–Crippen MR) is 81.9 cm³/mol. The maximum absolute atomic E-state index is 12.6. The first-order chi connectivity index (χ1) is 9.25. The lowest BCUT2D eigenvalue weighted by Crippen LogP contribution is -2.46. The predicted octanol–water partition coefficient (Wildman–Crippen LogP) is 2.14. The number of rotatable bonds is 1. The summed E-state index contributed by atoms with van der Waals surface area (Å²) in [4.78, 5) is 14.5. The van der Waals surface area contributed by atoms with Crippen molar-refractivity contribution in [1.29, 1.82) is 0 Å². The van der Waals surface area contributed by atoms with Gasteiger partial charge in [-0.2, -0.15) is 0 Å². The number of carbonyl (C=O) groups excluding carboxylic acids is 1. The van der Waals surface area contributed by atoms with Crippen molar-refractivity contribution in [3.05, 3.63) is 23.8 Å². The van der Waals surface area contributed by atoms with Gasteiger partial charge in [-0.1, -0.05) is 6.07 Å². The van der Waals surface area contributed by atoms with Gasteiger partial charge in [0.25, 0.3) is 0 Å². The third-order valence-corrected chi connectivity index (χ3v) is 3.89. The first-order valence-corrected chi connectivity index (χ1v) is 7.01. The van der Waals surface area contributed by atoms with Crippen molar-refractivity contribution in [3.63, 3.8) is 0 Å². The molecule has 0 bridgehead atoms. The molecular weight excluding hydrogens is 276 g/mol. The van der Waals surface area contributed by atoms with Crippen molar-refractivity contribution >= 4 is 24.0 Å². The van der Waals surface area contributed by atoms with E-state index in [0.717, 1.165) is 42.9 Å². The average Bonchev–Trinajstić information content (AvgIpc) is 2.46. The van der Waals surface area contributed by atoms with Gasteiger partial charge >= 0.3 is 0 Å². The molecule has 2 aliphatic heterocycles. The lowest BCUT2D eigenvalue weighted by Gasteiger charge is -2.33. The molecule has 3 rings (SSSR count). The minimum absolute atomic E-state index is 0. The second-order valence-corrected chi connectivity index (χ2v) is 5.35. The SMILES string of the molecule is Cc1ccc2c(c1)OCCN2C(=O)C1CCCNC1.Cl. The van der Waals surface area contributed by atoms with Crippen LogP contribution in [-0.2, 0) is 4.79 Å². The van der Waals surface area contributed by atoms with Gasteiger partial charge in [0, 0.05) is 6.54 Å². The Bertz CT molecular complexity index is 487. The van der Waals surface area contributed by atoms with Gasteiger partial charge < -0.3 is 15.0 Å². The van der Waals surface area contributed by atoms with Gasteiger partial charge in [-0.05, 0) is 44.0 Å².